The summed E-state index contributed by atoms with van der Waals surface area (Å²) in [6, 6.07) is 0. The van der Waals surface area contributed by atoms with Crippen molar-refractivity contribution in [1.29, 1.82) is 0 Å². The molecule has 0 fully saturated rings. The number of rotatable bonds is 14. The maximum absolute atomic E-state index is 10.3. The van der Waals surface area contributed by atoms with E-state index in [9.17, 15) is 4.79 Å². The van der Waals surface area contributed by atoms with E-state index >= 15 is 0 Å². The van der Waals surface area contributed by atoms with Crippen molar-refractivity contribution < 1.29 is 9.90 Å². The molecule has 2 heteroatoms. The van der Waals surface area contributed by atoms with E-state index in [1.807, 2.05) is 0 Å². The molecular weight excluding hydrogens is 248 g/mol. The van der Waals surface area contributed by atoms with Gasteiger partial charge in [0, 0.05) is 6.08 Å². The zero-order chi connectivity index (χ0) is 15.1. The van der Waals surface area contributed by atoms with Gasteiger partial charge in [0.05, 0.1) is 0 Å². The molecule has 0 aromatic rings. The summed E-state index contributed by atoms with van der Waals surface area (Å²) >= 11 is 0. The van der Waals surface area contributed by atoms with Gasteiger partial charge in [0.15, 0.2) is 0 Å². The molecule has 0 radical (unpaired) electrons. The second kappa shape index (κ2) is 14.6. The van der Waals surface area contributed by atoms with E-state index in [1.54, 1.807) is 6.08 Å². The van der Waals surface area contributed by atoms with Crippen LogP contribution >= 0.6 is 0 Å². The number of carboxylic acids is 1. The van der Waals surface area contributed by atoms with Crippen LogP contribution in [-0.2, 0) is 4.79 Å². The van der Waals surface area contributed by atoms with Gasteiger partial charge in [-0.25, -0.2) is 4.79 Å². The minimum absolute atomic E-state index is 0.834. The first kappa shape index (κ1) is 19.2. The van der Waals surface area contributed by atoms with Crippen LogP contribution in [0.2, 0.25) is 0 Å². The standard InChI is InChI=1S/C18H34O2/c1-3-5-6-8-11-14-17(4-2)15-12-9-7-10-13-16-18(19)20/h13,16-17H,3-12,14-15H2,1-2H3,(H,19,20). The zero-order valence-electron chi connectivity index (χ0n) is 13.6. The van der Waals surface area contributed by atoms with Crippen molar-refractivity contribution in [2.45, 2.75) is 90.9 Å². The third-order valence-electron chi connectivity index (χ3n) is 4.04. The molecule has 118 valence electrons. The second-order valence-electron chi connectivity index (χ2n) is 5.86. The van der Waals surface area contributed by atoms with E-state index in [4.69, 9.17) is 5.11 Å². The molecular formula is C18H34O2. The van der Waals surface area contributed by atoms with Crippen molar-refractivity contribution in [3.05, 3.63) is 12.2 Å². The van der Waals surface area contributed by atoms with Crippen LogP contribution in [0.1, 0.15) is 90.9 Å². The van der Waals surface area contributed by atoms with E-state index in [0.29, 0.717) is 0 Å². The summed E-state index contributed by atoms with van der Waals surface area (Å²) in [6.45, 7) is 4.58. The average molecular weight is 282 g/mol. The van der Waals surface area contributed by atoms with Gasteiger partial charge in [-0.05, 0) is 18.8 Å². The highest BCUT2D eigenvalue weighted by molar-refractivity contribution is 5.79. The predicted molar refractivity (Wildman–Crippen MR) is 87.0 cm³/mol. The van der Waals surface area contributed by atoms with Crippen molar-refractivity contribution in [3.63, 3.8) is 0 Å². The average Bonchev–Trinajstić information content (AvgIpc) is 2.43. The van der Waals surface area contributed by atoms with Crippen LogP contribution in [0, 0.1) is 5.92 Å². The van der Waals surface area contributed by atoms with Crippen LogP contribution in [-0.4, -0.2) is 11.1 Å². The molecule has 0 aliphatic rings. The Bertz CT molecular complexity index is 246. The molecule has 0 bridgehead atoms. The van der Waals surface area contributed by atoms with Gasteiger partial charge >= 0.3 is 5.97 Å². The monoisotopic (exact) mass is 282 g/mol. The highest BCUT2D eigenvalue weighted by Gasteiger charge is 2.05. The normalized spacial score (nSPS) is 12.9. The summed E-state index contributed by atoms with van der Waals surface area (Å²) < 4.78 is 0. The number of hydrogen-bond acceptors (Lipinski definition) is 1. The fourth-order valence-corrected chi connectivity index (χ4v) is 2.65. The highest BCUT2D eigenvalue weighted by atomic mass is 16.4. The lowest BCUT2D eigenvalue weighted by Gasteiger charge is -2.14. The zero-order valence-corrected chi connectivity index (χ0v) is 13.6. The first-order valence-corrected chi connectivity index (χ1v) is 8.60. The maximum atomic E-state index is 10.3. The Kier molecular flexibility index (Phi) is 14.0. The van der Waals surface area contributed by atoms with Crippen molar-refractivity contribution >= 4 is 5.97 Å². The van der Waals surface area contributed by atoms with E-state index in [0.717, 1.165) is 18.8 Å². The van der Waals surface area contributed by atoms with Crippen LogP contribution in [0.5, 0.6) is 0 Å². The van der Waals surface area contributed by atoms with Crippen LogP contribution in [0.25, 0.3) is 0 Å². The summed E-state index contributed by atoms with van der Waals surface area (Å²) in [7, 11) is 0. The third kappa shape index (κ3) is 13.6. The van der Waals surface area contributed by atoms with Crippen LogP contribution in [0.4, 0.5) is 0 Å². The lowest BCUT2D eigenvalue weighted by atomic mass is 9.92. The largest absolute Gasteiger partial charge is 0.478 e. The second-order valence-corrected chi connectivity index (χ2v) is 5.86. The molecule has 0 saturated heterocycles. The molecule has 0 aromatic heterocycles. The number of hydrogen-bond donors (Lipinski definition) is 1. The van der Waals surface area contributed by atoms with E-state index in [1.165, 1.54) is 70.3 Å². The van der Waals surface area contributed by atoms with Crippen LogP contribution in [0.15, 0.2) is 12.2 Å². The molecule has 0 amide bonds. The molecule has 1 unspecified atom stereocenters. The SMILES string of the molecule is CCCCCCCC(CC)CCCCCC=CC(=O)O. The highest BCUT2D eigenvalue weighted by Crippen LogP contribution is 2.21. The van der Waals surface area contributed by atoms with Gasteiger partial charge in [0.25, 0.3) is 0 Å². The predicted octanol–water partition coefficient (Wildman–Crippen LogP) is 5.96. The molecule has 2 nitrogen and oxygen atoms in total. The van der Waals surface area contributed by atoms with Crippen molar-refractivity contribution in [1.82, 2.24) is 0 Å². The fourth-order valence-electron chi connectivity index (χ4n) is 2.65. The summed E-state index contributed by atoms with van der Waals surface area (Å²) in [5, 5.41) is 8.47. The van der Waals surface area contributed by atoms with Gasteiger partial charge in [-0.3, -0.25) is 0 Å². The molecule has 0 aromatic carbocycles. The minimum Gasteiger partial charge on any atom is -0.478 e. The van der Waals surface area contributed by atoms with E-state index in [2.05, 4.69) is 13.8 Å². The van der Waals surface area contributed by atoms with Gasteiger partial charge in [-0.1, -0.05) is 84.1 Å². The van der Waals surface area contributed by atoms with Crippen molar-refractivity contribution in [2.24, 2.45) is 5.92 Å². The first-order chi connectivity index (χ1) is 9.70. The lowest BCUT2D eigenvalue weighted by molar-refractivity contribution is -0.131. The van der Waals surface area contributed by atoms with Gasteiger partial charge in [0.2, 0.25) is 0 Å². The van der Waals surface area contributed by atoms with E-state index < -0.39 is 5.97 Å². The molecule has 20 heavy (non-hydrogen) atoms. The molecule has 0 heterocycles. The number of allylic oxidation sites excluding steroid dienone is 1. The van der Waals surface area contributed by atoms with Gasteiger partial charge in [-0.15, -0.1) is 0 Å². The molecule has 0 spiro atoms. The Balaban J connectivity index is 3.43. The maximum Gasteiger partial charge on any atom is 0.327 e. The Morgan fingerprint density at radius 2 is 1.55 bits per heavy atom. The number of unbranched alkanes of at least 4 members (excludes halogenated alkanes) is 7. The summed E-state index contributed by atoms with van der Waals surface area (Å²) in [5.41, 5.74) is 0. The number of aliphatic carboxylic acids is 1. The molecule has 1 atom stereocenters. The van der Waals surface area contributed by atoms with Crippen LogP contribution < -0.4 is 0 Å². The molecule has 1 N–H and O–H groups in total. The van der Waals surface area contributed by atoms with Gasteiger partial charge in [0.1, 0.15) is 0 Å². The Hall–Kier alpha value is -0.790. The first-order valence-electron chi connectivity index (χ1n) is 8.60. The minimum atomic E-state index is -0.834. The van der Waals surface area contributed by atoms with Crippen molar-refractivity contribution in [3.8, 4) is 0 Å². The Labute approximate surface area is 125 Å². The van der Waals surface area contributed by atoms with Gasteiger partial charge in [-0.2, -0.15) is 0 Å². The summed E-state index contributed by atoms with van der Waals surface area (Å²) in [5.74, 6) is 0.0744. The lowest BCUT2D eigenvalue weighted by Crippen LogP contribution is -1.99. The molecule has 0 saturated carbocycles. The smallest absolute Gasteiger partial charge is 0.327 e. The van der Waals surface area contributed by atoms with Crippen molar-refractivity contribution in [2.75, 3.05) is 0 Å². The summed E-state index contributed by atoms with van der Waals surface area (Å²) in [4.78, 5) is 10.3. The third-order valence-corrected chi connectivity index (χ3v) is 4.04. The van der Waals surface area contributed by atoms with Gasteiger partial charge < -0.3 is 5.11 Å². The molecule has 0 aliphatic carbocycles. The topological polar surface area (TPSA) is 37.3 Å². The number of carbonyl (C=O) groups is 1. The Morgan fingerprint density at radius 3 is 2.10 bits per heavy atom. The Morgan fingerprint density at radius 1 is 0.950 bits per heavy atom. The molecule has 0 aliphatic heterocycles. The van der Waals surface area contributed by atoms with E-state index in [-0.39, 0.29) is 0 Å². The number of carboxylic acid groups (broad SMARTS) is 1. The quantitative estimate of drug-likeness (QED) is 0.315. The molecule has 0 rings (SSSR count). The fraction of sp³-hybridized carbons (Fsp3) is 0.833. The van der Waals surface area contributed by atoms with Crippen LogP contribution in [0.3, 0.4) is 0 Å². The summed E-state index contributed by atoms with van der Waals surface area (Å²) in [6.07, 6.45) is 18.6.